The number of nitrogens with one attached hydrogen (secondary N) is 1. The number of nitrogens with zero attached hydrogens (tertiary/aromatic N) is 2. The molecule has 3 rings (SSSR count). The second-order valence-electron chi connectivity index (χ2n) is 5.18. The summed E-state index contributed by atoms with van der Waals surface area (Å²) in [5.74, 6) is -0.488. The number of ether oxygens (including phenoxy) is 1. The van der Waals surface area contributed by atoms with Gasteiger partial charge in [-0.15, -0.1) is 11.3 Å². The molecule has 0 unspecified atom stereocenters. The summed E-state index contributed by atoms with van der Waals surface area (Å²) in [4.78, 5) is 14.6. The van der Waals surface area contributed by atoms with E-state index in [1.54, 1.807) is 0 Å². The van der Waals surface area contributed by atoms with E-state index in [4.69, 9.17) is 0 Å². The van der Waals surface area contributed by atoms with Gasteiger partial charge in [0.05, 0.1) is 17.2 Å². The van der Waals surface area contributed by atoms with Crippen LogP contribution < -0.4 is 10.1 Å². The van der Waals surface area contributed by atoms with Crippen molar-refractivity contribution >= 4 is 22.7 Å². The minimum atomic E-state index is -3.14. The Morgan fingerprint density at radius 2 is 2.00 bits per heavy atom. The molecule has 1 N–H and O–H groups in total. The molecular formula is C17H13F2N3O3S. The average Bonchev–Trinajstić information content (AvgIpc) is 3.09. The molecule has 1 heterocycles. The van der Waals surface area contributed by atoms with E-state index in [0.717, 1.165) is 22.3 Å². The summed E-state index contributed by atoms with van der Waals surface area (Å²) >= 11 is 1.49. The standard InChI is InChI=1S/C17H13F2N3O3S/c18-17(19)25-15-8-12(6-7-14(15)22(23)24)20-9-13-10-26-16(21-13)11-4-2-1-3-5-11/h1-8,10,17,20H,9H2. The third-order valence-corrected chi connectivity index (χ3v) is 4.36. The molecule has 0 amide bonds. The number of halogens is 2. The van der Waals surface area contributed by atoms with Crippen LogP contribution in [0.15, 0.2) is 53.9 Å². The number of anilines is 1. The van der Waals surface area contributed by atoms with Crippen molar-refractivity contribution in [3.8, 4) is 16.3 Å². The maximum absolute atomic E-state index is 12.4. The first-order valence-electron chi connectivity index (χ1n) is 7.50. The Labute approximate surface area is 151 Å². The third kappa shape index (κ3) is 4.31. The van der Waals surface area contributed by atoms with Gasteiger partial charge >= 0.3 is 12.3 Å². The summed E-state index contributed by atoms with van der Waals surface area (Å²) in [6.07, 6.45) is 0. The molecule has 26 heavy (non-hydrogen) atoms. The van der Waals surface area contributed by atoms with Crippen LogP contribution in [0, 0.1) is 10.1 Å². The molecule has 0 aliphatic heterocycles. The van der Waals surface area contributed by atoms with Crippen LogP contribution in [0.4, 0.5) is 20.2 Å². The topological polar surface area (TPSA) is 77.3 Å². The molecule has 0 saturated carbocycles. The Morgan fingerprint density at radius 3 is 2.69 bits per heavy atom. The van der Waals surface area contributed by atoms with Crippen molar-refractivity contribution < 1.29 is 18.4 Å². The van der Waals surface area contributed by atoms with Gasteiger partial charge in [-0.3, -0.25) is 10.1 Å². The van der Waals surface area contributed by atoms with Gasteiger partial charge in [0.25, 0.3) is 0 Å². The summed E-state index contributed by atoms with van der Waals surface area (Å²) in [6, 6.07) is 13.4. The highest BCUT2D eigenvalue weighted by atomic mass is 32.1. The summed E-state index contributed by atoms with van der Waals surface area (Å²) in [5, 5.41) is 16.6. The highest BCUT2D eigenvalue weighted by Crippen LogP contribution is 2.31. The van der Waals surface area contributed by atoms with E-state index in [9.17, 15) is 18.9 Å². The van der Waals surface area contributed by atoms with Crippen LogP contribution in [0.5, 0.6) is 5.75 Å². The molecule has 2 aromatic carbocycles. The van der Waals surface area contributed by atoms with Crippen molar-refractivity contribution in [3.05, 3.63) is 69.7 Å². The van der Waals surface area contributed by atoms with Crippen molar-refractivity contribution in [3.63, 3.8) is 0 Å². The maximum Gasteiger partial charge on any atom is 0.387 e. The highest BCUT2D eigenvalue weighted by molar-refractivity contribution is 7.13. The van der Waals surface area contributed by atoms with E-state index in [1.165, 1.54) is 23.5 Å². The van der Waals surface area contributed by atoms with Crippen LogP contribution in [0.3, 0.4) is 0 Å². The summed E-state index contributed by atoms with van der Waals surface area (Å²) in [7, 11) is 0. The number of hydrogen-bond donors (Lipinski definition) is 1. The SMILES string of the molecule is O=[N+]([O-])c1ccc(NCc2csc(-c3ccccc3)n2)cc1OC(F)F. The number of benzene rings is 2. The zero-order valence-corrected chi connectivity index (χ0v) is 14.1. The molecule has 0 aliphatic rings. The lowest BCUT2D eigenvalue weighted by Gasteiger charge is -2.09. The number of nitro groups is 1. The lowest BCUT2D eigenvalue weighted by atomic mass is 10.2. The van der Waals surface area contributed by atoms with Crippen molar-refractivity contribution in [1.29, 1.82) is 0 Å². The number of hydrogen-bond acceptors (Lipinski definition) is 6. The van der Waals surface area contributed by atoms with E-state index >= 15 is 0 Å². The highest BCUT2D eigenvalue weighted by Gasteiger charge is 2.19. The number of aromatic nitrogens is 1. The minimum absolute atomic E-state index is 0.343. The fraction of sp³-hybridized carbons (Fsp3) is 0.118. The van der Waals surface area contributed by atoms with Gasteiger partial charge in [0.15, 0.2) is 0 Å². The van der Waals surface area contributed by atoms with E-state index in [1.807, 2.05) is 35.7 Å². The fourth-order valence-electron chi connectivity index (χ4n) is 2.26. The molecule has 134 valence electrons. The lowest BCUT2D eigenvalue weighted by Crippen LogP contribution is -2.06. The smallest absolute Gasteiger partial charge is 0.387 e. The van der Waals surface area contributed by atoms with E-state index in [-0.39, 0.29) is 0 Å². The zero-order chi connectivity index (χ0) is 18.5. The molecule has 1 aromatic heterocycles. The minimum Gasteiger partial charge on any atom is -0.427 e. The van der Waals surface area contributed by atoms with E-state index in [2.05, 4.69) is 15.0 Å². The Bertz CT molecular complexity index is 903. The zero-order valence-electron chi connectivity index (χ0n) is 13.3. The average molecular weight is 377 g/mol. The largest absolute Gasteiger partial charge is 0.427 e. The molecule has 0 saturated heterocycles. The van der Waals surface area contributed by atoms with Gasteiger partial charge in [-0.05, 0) is 6.07 Å². The van der Waals surface area contributed by atoms with Gasteiger partial charge in [0.2, 0.25) is 5.75 Å². The second-order valence-corrected chi connectivity index (χ2v) is 6.04. The number of alkyl halides is 2. The van der Waals surface area contributed by atoms with Gasteiger partial charge in [-0.1, -0.05) is 30.3 Å². The van der Waals surface area contributed by atoms with Gasteiger partial charge in [-0.2, -0.15) is 8.78 Å². The van der Waals surface area contributed by atoms with Crippen LogP contribution in [-0.4, -0.2) is 16.5 Å². The van der Waals surface area contributed by atoms with Crippen molar-refractivity contribution in [2.75, 3.05) is 5.32 Å². The van der Waals surface area contributed by atoms with Crippen LogP contribution in [0.2, 0.25) is 0 Å². The Balaban J connectivity index is 1.72. The van der Waals surface area contributed by atoms with Crippen LogP contribution >= 0.6 is 11.3 Å². The predicted octanol–water partition coefficient (Wildman–Crippen LogP) is 4.93. The monoisotopic (exact) mass is 377 g/mol. The lowest BCUT2D eigenvalue weighted by molar-refractivity contribution is -0.386. The number of rotatable bonds is 7. The Hall–Kier alpha value is -3.07. The maximum atomic E-state index is 12.4. The van der Waals surface area contributed by atoms with Gasteiger partial charge in [0.1, 0.15) is 5.01 Å². The summed E-state index contributed by atoms with van der Waals surface area (Å²) < 4.78 is 29.1. The van der Waals surface area contributed by atoms with Crippen molar-refractivity contribution in [2.45, 2.75) is 13.2 Å². The fourth-order valence-corrected chi connectivity index (χ4v) is 3.09. The normalized spacial score (nSPS) is 10.7. The summed E-state index contributed by atoms with van der Waals surface area (Å²) in [6.45, 7) is -2.80. The molecule has 0 spiro atoms. The summed E-state index contributed by atoms with van der Waals surface area (Å²) in [5.41, 5.74) is 1.67. The van der Waals surface area contributed by atoms with Gasteiger partial charge in [0, 0.05) is 28.8 Å². The third-order valence-electron chi connectivity index (χ3n) is 3.42. The molecule has 0 bridgehead atoms. The number of nitro benzene ring substituents is 1. The van der Waals surface area contributed by atoms with Gasteiger partial charge in [-0.25, -0.2) is 4.98 Å². The van der Waals surface area contributed by atoms with Crippen LogP contribution in [-0.2, 0) is 6.54 Å². The predicted molar refractivity (Wildman–Crippen MR) is 94.6 cm³/mol. The van der Waals surface area contributed by atoms with Crippen molar-refractivity contribution in [2.24, 2.45) is 0 Å². The first kappa shape index (κ1) is 17.7. The quantitative estimate of drug-likeness (QED) is 0.466. The molecule has 0 fully saturated rings. The van der Waals surface area contributed by atoms with E-state index in [0.29, 0.717) is 12.2 Å². The Kier molecular flexibility index (Phi) is 5.37. The first-order valence-corrected chi connectivity index (χ1v) is 8.38. The molecule has 6 nitrogen and oxygen atoms in total. The molecule has 0 radical (unpaired) electrons. The van der Waals surface area contributed by atoms with E-state index < -0.39 is 23.0 Å². The number of thiazole rings is 1. The molecule has 0 aliphatic carbocycles. The van der Waals surface area contributed by atoms with Gasteiger partial charge < -0.3 is 10.1 Å². The molecular weight excluding hydrogens is 364 g/mol. The molecule has 0 atom stereocenters. The first-order chi connectivity index (χ1) is 12.5. The van der Waals surface area contributed by atoms with Crippen LogP contribution in [0.1, 0.15) is 5.69 Å². The molecule has 3 aromatic rings. The Morgan fingerprint density at radius 1 is 1.23 bits per heavy atom. The van der Waals surface area contributed by atoms with Crippen molar-refractivity contribution in [1.82, 2.24) is 4.98 Å². The van der Waals surface area contributed by atoms with Crippen LogP contribution in [0.25, 0.3) is 10.6 Å². The second kappa shape index (κ2) is 7.87. The molecule has 9 heteroatoms.